The van der Waals surface area contributed by atoms with Crippen LogP contribution in [0.4, 0.5) is 0 Å². The van der Waals surface area contributed by atoms with Gasteiger partial charge in [0.1, 0.15) is 23.9 Å². The molecule has 13 nitrogen and oxygen atoms in total. The van der Waals surface area contributed by atoms with Gasteiger partial charge in [0.15, 0.2) is 0 Å². The summed E-state index contributed by atoms with van der Waals surface area (Å²) in [4.78, 5) is 60.4. The first-order valence-electron chi connectivity index (χ1n) is 10.8. The number of nitrogens with two attached hydrogens (primary N) is 1. The topological polar surface area (TPSA) is 228 Å². The normalized spacial score (nSPS) is 15.3. The molecule has 0 saturated carbocycles. The zero-order chi connectivity index (χ0) is 26.9. The van der Waals surface area contributed by atoms with Crippen LogP contribution < -0.4 is 21.7 Å². The van der Waals surface area contributed by atoms with Gasteiger partial charge in [-0.25, -0.2) is 4.79 Å². The van der Waals surface area contributed by atoms with Gasteiger partial charge in [-0.3, -0.25) is 19.2 Å². The van der Waals surface area contributed by atoms with Crippen LogP contribution in [-0.2, 0) is 30.4 Å². The van der Waals surface area contributed by atoms with Gasteiger partial charge in [-0.05, 0) is 30.5 Å². The molecule has 9 N–H and O–H groups in total. The fourth-order valence-corrected chi connectivity index (χ4v) is 2.94. The highest BCUT2D eigenvalue weighted by Crippen LogP contribution is 2.12. The van der Waals surface area contributed by atoms with Crippen molar-refractivity contribution in [2.45, 2.75) is 63.9 Å². The van der Waals surface area contributed by atoms with Crippen LogP contribution in [-0.4, -0.2) is 80.4 Å². The predicted molar refractivity (Wildman–Crippen MR) is 122 cm³/mol. The SMILES string of the molecule is CC(C)C(N)C(=O)NC(C(=O)NC(Cc1ccc(O)cc1)C(=O)NC(CC(=O)O)C(=O)O)C(C)O. The smallest absolute Gasteiger partial charge is 0.326 e. The van der Waals surface area contributed by atoms with E-state index in [-0.39, 0.29) is 18.1 Å². The number of carbonyl (C=O) groups excluding carboxylic acids is 3. The monoisotopic (exact) mass is 496 g/mol. The number of aliphatic hydroxyl groups is 1. The van der Waals surface area contributed by atoms with Gasteiger partial charge in [-0.15, -0.1) is 0 Å². The van der Waals surface area contributed by atoms with Crippen molar-refractivity contribution in [3.05, 3.63) is 29.8 Å². The van der Waals surface area contributed by atoms with Gasteiger partial charge in [0, 0.05) is 6.42 Å². The van der Waals surface area contributed by atoms with Crippen molar-refractivity contribution in [3.8, 4) is 5.75 Å². The summed E-state index contributed by atoms with van der Waals surface area (Å²) in [6, 6.07) is -0.0443. The molecule has 0 heterocycles. The molecule has 194 valence electrons. The minimum atomic E-state index is -1.77. The Bertz CT molecular complexity index is 918. The van der Waals surface area contributed by atoms with Crippen LogP contribution in [0.3, 0.4) is 0 Å². The standard InChI is InChI=1S/C22H32N4O9/c1-10(2)17(23)20(32)26-18(11(3)27)21(33)24-14(8-12-4-6-13(28)7-5-12)19(31)25-15(22(34)35)9-16(29)30/h4-7,10-11,14-15,17-18,27-28H,8-9,23H2,1-3H3,(H,24,33)(H,25,31)(H,26,32)(H,29,30)(H,34,35). The first-order chi connectivity index (χ1) is 16.2. The molecule has 0 saturated heterocycles. The minimum Gasteiger partial charge on any atom is -0.508 e. The van der Waals surface area contributed by atoms with Crippen molar-refractivity contribution in [2.75, 3.05) is 0 Å². The maximum Gasteiger partial charge on any atom is 0.326 e. The van der Waals surface area contributed by atoms with E-state index in [0.29, 0.717) is 5.56 Å². The zero-order valence-electron chi connectivity index (χ0n) is 19.6. The van der Waals surface area contributed by atoms with Gasteiger partial charge in [-0.1, -0.05) is 26.0 Å². The lowest BCUT2D eigenvalue weighted by Gasteiger charge is -2.27. The fourth-order valence-electron chi connectivity index (χ4n) is 2.94. The molecule has 0 aromatic heterocycles. The Morgan fingerprint density at radius 2 is 1.40 bits per heavy atom. The van der Waals surface area contributed by atoms with Crippen molar-refractivity contribution in [3.63, 3.8) is 0 Å². The van der Waals surface area contributed by atoms with Gasteiger partial charge in [0.2, 0.25) is 17.7 Å². The lowest BCUT2D eigenvalue weighted by atomic mass is 10.0. The Labute approximate surface area is 201 Å². The molecular formula is C22H32N4O9. The first-order valence-corrected chi connectivity index (χ1v) is 10.8. The Morgan fingerprint density at radius 3 is 1.86 bits per heavy atom. The summed E-state index contributed by atoms with van der Waals surface area (Å²) in [6.45, 7) is 4.62. The summed E-state index contributed by atoms with van der Waals surface area (Å²) in [5.41, 5.74) is 6.25. The second kappa shape index (κ2) is 13.2. The van der Waals surface area contributed by atoms with E-state index in [4.69, 9.17) is 10.8 Å². The number of nitrogens with one attached hydrogen (secondary N) is 3. The van der Waals surface area contributed by atoms with E-state index in [2.05, 4.69) is 16.0 Å². The quantitative estimate of drug-likeness (QED) is 0.154. The highest BCUT2D eigenvalue weighted by atomic mass is 16.4. The molecule has 0 aliphatic heterocycles. The van der Waals surface area contributed by atoms with Gasteiger partial charge in [0.05, 0.1) is 18.6 Å². The third kappa shape index (κ3) is 9.59. The van der Waals surface area contributed by atoms with Crippen LogP contribution in [0.25, 0.3) is 0 Å². The van der Waals surface area contributed by atoms with Crippen LogP contribution in [0.15, 0.2) is 24.3 Å². The van der Waals surface area contributed by atoms with Crippen LogP contribution in [0.2, 0.25) is 0 Å². The molecule has 0 radical (unpaired) electrons. The first kappa shape index (κ1) is 29.3. The van der Waals surface area contributed by atoms with Crippen molar-refractivity contribution in [1.29, 1.82) is 0 Å². The van der Waals surface area contributed by atoms with Gasteiger partial charge < -0.3 is 42.1 Å². The van der Waals surface area contributed by atoms with Crippen molar-refractivity contribution in [2.24, 2.45) is 11.7 Å². The second-order valence-electron chi connectivity index (χ2n) is 8.43. The maximum absolute atomic E-state index is 12.9. The van der Waals surface area contributed by atoms with Crippen molar-refractivity contribution < 1.29 is 44.4 Å². The number of hydrogen-bond donors (Lipinski definition) is 8. The van der Waals surface area contributed by atoms with E-state index in [9.17, 15) is 39.3 Å². The molecule has 5 unspecified atom stereocenters. The molecule has 0 aliphatic rings. The largest absolute Gasteiger partial charge is 0.508 e. The number of benzene rings is 1. The van der Waals surface area contributed by atoms with Crippen molar-refractivity contribution >= 4 is 29.7 Å². The Balaban J connectivity index is 3.16. The van der Waals surface area contributed by atoms with E-state index in [1.165, 1.54) is 31.2 Å². The Morgan fingerprint density at radius 1 is 0.857 bits per heavy atom. The molecular weight excluding hydrogens is 464 g/mol. The van der Waals surface area contributed by atoms with Gasteiger partial charge in [0.25, 0.3) is 0 Å². The number of amides is 3. The third-order valence-corrected chi connectivity index (χ3v) is 5.09. The summed E-state index contributed by atoms with van der Waals surface area (Å²) < 4.78 is 0. The van der Waals surface area contributed by atoms with Crippen molar-refractivity contribution in [1.82, 2.24) is 16.0 Å². The van der Waals surface area contributed by atoms with E-state index in [1.54, 1.807) is 13.8 Å². The highest BCUT2D eigenvalue weighted by molar-refractivity contribution is 5.95. The number of carboxylic acids is 2. The number of carbonyl (C=O) groups is 5. The van der Waals surface area contributed by atoms with E-state index in [0.717, 1.165) is 0 Å². The number of carboxylic acid groups (broad SMARTS) is 2. The van der Waals surface area contributed by atoms with Gasteiger partial charge >= 0.3 is 11.9 Å². The summed E-state index contributed by atoms with van der Waals surface area (Å²) in [5.74, 6) is -6.02. The summed E-state index contributed by atoms with van der Waals surface area (Å²) >= 11 is 0. The van der Waals surface area contributed by atoms with E-state index in [1.807, 2.05) is 0 Å². The fraction of sp³-hybridized carbons (Fsp3) is 0.500. The minimum absolute atomic E-state index is 0.0513. The lowest BCUT2D eigenvalue weighted by molar-refractivity contribution is -0.147. The number of hydrogen-bond acceptors (Lipinski definition) is 8. The molecule has 35 heavy (non-hydrogen) atoms. The molecule has 0 aliphatic carbocycles. The number of aliphatic carboxylic acids is 2. The molecule has 0 bridgehead atoms. The molecule has 3 amide bonds. The van der Waals surface area contributed by atoms with E-state index >= 15 is 0 Å². The Kier molecular flexibility index (Phi) is 11.1. The maximum atomic E-state index is 12.9. The second-order valence-corrected chi connectivity index (χ2v) is 8.43. The van der Waals surface area contributed by atoms with Crippen LogP contribution in [0.1, 0.15) is 32.8 Å². The summed E-state index contributed by atoms with van der Waals surface area (Å²) in [5, 5.41) is 44.4. The van der Waals surface area contributed by atoms with Crippen LogP contribution in [0.5, 0.6) is 5.75 Å². The number of aliphatic hydroxyl groups excluding tert-OH is 1. The van der Waals surface area contributed by atoms with Gasteiger partial charge in [-0.2, -0.15) is 0 Å². The number of rotatable bonds is 13. The average Bonchev–Trinajstić information content (AvgIpc) is 2.76. The van der Waals surface area contributed by atoms with Crippen LogP contribution >= 0.6 is 0 Å². The third-order valence-electron chi connectivity index (χ3n) is 5.09. The number of phenols is 1. The molecule has 13 heteroatoms. The Hall–Kier alpha value is -3.71. The number of aromatic hydroxyl groups is 1. The molecule has 1 aromatic rings. The molecule has 0 spiro atoms. The number of phenolic OH excluding ortho intramolecular Hbond substituents is 1. The average molecular weight is 497 g/mol. The predicted octanol–water partition coefficient (Wildman–Crippen LogP) is -1.69. The summed E-state index contributed by atoms with van der Waals surface area (Å²) in [7, 11) is 0. The lowest BCUT2D eigenvalue weighted by Crippen LogP contribution is -2.60. The zero-order valence-corrected chi connectivity index (χ0v) is 19.6. The highest BCUT2D eigenvalue weighted by Gasteiger charge is 2.33. The molecule has 0 fully saturated rings. The molecule has 1 aromatic carbocycles. The van der Waals surface area contributed by atoms with E-state index < -0.39 is 66.4 Å². The summed E-state index contributed by atoms with van der Waals surface area (Å²) in [6.07, 6.45) is -2.46. The molecule has 5 atom stereocenters. The van der Waals surface area contributed by atoms with Crippen LogP contribution in [0, 0.1) is 5.92 Å². The molecule has 1 rings (SSSR count).